The van der Waals surface area contributed by atoms with Gasteiger partial charge in [-0.2, -0.15) is 0 Å². The lowest BCUT2D eigenvalue weighted by atomic mass is 9.94. The Morgan fingerprint density at radius 1 is 1.17 bits per heavy atom. The third-order valence-corrected chi connectivity index (χ3v) is 3.73. The second-order valence-corrected chi connectivity index (χ2v) is 5.53. The molecule has 0 radical (unpaired) electrons. The zero-order chi connectivity index (χ0) is 17.2. The first kappa shape index (κ1) is 16.9. The molecule has 0 spiro atoms. The van der Waals surface area contributed by atoms with Crippen LogP contribution in [0.4, 0.5) is 8.78 Å². The van der Waals surface area contributed by atoms with E-state index in [4.69, 9.17) is 9.84 Å². The molecule has 0 aliphatic carbocycles. The van der Waals surface area contributed by atoms with Crippen molar-refractivity contribution in [3.63, 3.8) is 0 Å². The maximum atomic E-state index is 13.6. The summed E-state index contributed by atoms with van der Waals surface area (Å²) in [6, 6.07) is 9.57. The SMILES string of the molecule is Cc1cccc(-c2cc(C(C)(F)F)ccc2OCC(=O)O)c1C. The van der Waals surface area contributed by atoms with E-state index in [1.165, 1.54) is 18.2 Å². The number of carbonyl (C=O) groups is 1. The Kier molecular flexibility index (Phi) is 4.68. The molecule has 5 heteroatoms. The van der Waals surface area contributed by atoms with Crippen molar-refractivity contribution in [2.45, 2.75) is 26.7 Å². The molecule has 0 fully saturated rings. The standard InChI is InChI=1S/C18H18F2O3/c1-11-5-4-6-14(12(11)2)15-9-13(18(3,19)20)7-8-16(15)23-10-17(21)22/h4-9H,10H2,1-3H3,(H,21,22). The minimum Gasteiger partial charge on any atom is -0.481 e. The van der Waals surface area contributed by atoms with E-state index in [0.717, 1.165) is 23.6 Å². The minimum atomic E-state index is -2.99. The fourth-order valence-electron chi connectivity index (χ4n) is 2.32. The largest absolute Gasteiger partial charge is 0.481 e. The van der Waals surface area contributed by atoms with Crippen LogP contribution < -0.4 is 4.74 Å². The third-order valence-electron chi connectivity index (χ3n) is 3.73. The van der Waals surface area contributed by atoms with Crippen molar-refractivity contribution in [1.29, 1.82) is 0 Å². The van der Waals surface area contributed by atoms with Gasteiger partial charge in [-0.3, -0.25) is 0 Å². The van der Waals surface area contributed by atoms with Crippen LogP contribution in [0, 0.1) is 13.8 Å². The Labute approximate surface area is 133 Å². The van der Waals surface area contributed by atoms with Crippen molar-refractivity contribution in [3.8, 4) is 16.9 Å². The number of rotatable bonds is 5. The first-order valence-corrected chi connectivity index (χ1v) is 7.13. The summed E-state index contributed by atoms with van der Waals surface area (Å²) in [7, 11) is 0. The van der Waals surface area contributed by atoms with Crippen molar-refractivity contribution >= 4 is 5.97 Å². The van der Waals surface area contributed by atoms with E-state index in [1.54, 1.807) is 0 Å². The fraction of sp³-hybridized carbons (Fsp3) is 0.278. The molecule has 1 N–H and O–H groups in total. The zero-order valence-corrected chi connectivity index (χ0v) is 13.2. The van der Waals surface area contributed by atoms with E-state index in [9.17, 15) is 13.6 Å². The Balaban J connectivity index is 2.60. The van der Waals surface area contributed by atoms with Crippen molar-refractivity contribution in [2.75, 3.05) is 6.61 Å². The van der Waals surface area contributed by atoms with Gasteiger partial charge in [0.2, 0.25) is 0 Å². The van der Waals surface area contributed by atoms with Gasteiger partial charge in [0.05, 0.1) is 0 Å². The molecule has 2 rings (SSSR count). The predicted octanol–water partition coefficient (Wildman–Crippen LogP) is 4.55. The van der Waals surface area contributed by atoms with E-state index in [-0.39, 0.29) is 11.3 Å². The highest BCUT2D eigenvalue weighted by molar-refractivity contribution is 5.76. The van der Waals surface area contributed by atoms with E-state index < -0.39 is 18.5 Å². The number of carboxylic acids is 1. The van der Waals surface area contributed by atoms with Gasteiger partial charge in [-0.05, 0) is 48.7 Å². The molecule has 2 aromatic rings. The highest BCUT2D eigenvalue weighted by Gasteiger charge is 2.26. The molecule has 0 bridgehead atoms. The molecule has 0 unspecified atom stereocenters. The normalized spacial score (nSPS) is 11.3. The lowest BCUT2D eigenvalue weighted by molar-refractivity contribution is -0.139. The number of ether oxygens (including phenoxy) is 1. The molecule has 0 atom stereocenters. The first-order valence-electron chi connectivity index (χ1n) is 7.13. The average Bonchev–Trinajstić information content (AvgIpc) is 2.47. The molecular weight excluding hydrogens is 302 g/mol. The number of hydrogen-bond acceptors (Lipinski definition) is 2. The quantitative estimate of drug-likeness (QED) is 0.879. The number of aryl methyl sites for hydroxylation is 1. The van der Waals surface area contributed by atoms with Gasteiger partial charge < -0.3 is 9.84 Å². The summed E-state index contributed by atoms with van der Waals surface area (Å²) in [6.07, 6.45) is 0. The Morgan fingerprint density at radius 2 is 1.87 bits per heavy atom. The van der Waals surface area contributed by atoms with Gasteiger partial charge in [-0.25, -0.2) is 13.6 Å². The molecule has 0 aromatic heterocycles. The Hall–Kier alpha value is -2.43. The van der Waals surface area contributed by atoms with Crippen LogP contribution in [0.1, 0.15) is 23.6 Å². The lowest BCUT2D eigenvalue weighted by Gasteiger charge is -2.17. The molecule has 0 heterocycles. The number of hydrogen-bond donors (Lipinski definition) is 1. The molecule has 0 aliphatic rings. The van der Waals surface area contributed by atoms with Gasteiger partial charge in [0, 0.05) is 18.1 Å². The molecule has 3 nitrogen and oxygen atoms in total. The number of aliphatic carboxylic acids is 1. The van der Waals surface area contributed by atoms with Gasteiger partial charge in [-0.15, -0.1) is 0 Å². The number of carboxylic acid groups (broad SMARTS) is 1. The monoisotopic (exact) mass is 320 g/mol. The average molecular weight is 320 g/mol. The van der Waals surface area contributed by atoms with Crippen LogP contribution in [0.25, 0.3) is 11.1 Å². The van der Waals surface area contributed by atoms with Crippen LogP contribution >= 0.6 is 0 Å². The smallest absolute Gasteiger partial charge is 0.341 e. The van der Waals surface area contributed by atoms with Crippen LogP contribution in [-0.2, 0) is 10.7 Å². The van der Waals surface area contributed by atoms with Crippen LogP contribution in [0.5, 0.6) is 5.75 Å². The molecule has 0 amide bonds. The van der Waals surface area contributed by atoms with Crippen LogP contribution in [-0.4, -0.2) is 17.7 Å². The summed E-state index contributed by atoms with van der Waals surface area (Å²) in [5, 5.41) is 8.77. The van der Waals surface area contributed by atoms with Gasteiger partial charge in [0.15, 0.2) is 6.61 Å². The van der Waals surface area contributed by atoms with Gasteiger partial charge >= 0.3 is 5.97 Å². The summed E-state index contributed by atoms with van der Waals surface area (Å²) < 4.78 is 32.6. The van der Waals surface area contributed by atoms with E-state index >= 15 is 0 Å². The molecule has 122 valence electrons. The maximum Gasteiger partial charge on any atom is 0.341 e. The highest BCUT2D eigenvalue weighted by Crippen LogP contribution is 2.38. The van der Waals surface area contributed by atoms with Gasteiger partial charge in [-0.1, -0.05) is 18.2 Å². The van der Waals surface area contributed by atoms with Gasteiger partial charge in [0.1, 0.15) is 5.75 Å². The number of halogens is 2. The predicted molar refractivity (Wildman–Crippen MR) is 84.1 cm³/mol. The molecule has 0 aliphatic heterocycles. The highest BCUT2D eigenvalue weighted by atomic mass is 19.3. The summed E-state index contributed by atoms with van der Waals surface area (Å²) in [5.74, 6) is -3.84. The topological polar surface area (TPSA) is 46.5 Å². The van der Waals surface area contributed by atoms with Crippen molar-refractivity contribution in [2.24, 2.45) is 0 Å². The summed E-state index contributed by atoms with van der Waals surface area (Å²) in [4.78, 5) is 10.7. The van der Waals surface area contributed by atoms with Crippen LogP contribution in [0.2, 0.25) is 0 Å². The number of alkyl halides is 2. The van der Waals surface area contributed by atoms with Crippen molar-refractivity contribution < 1.29 is 23.4 Å². The lowest BCUT2D eigenvalue weighted by Crippen LogP contribution is -2.11. The first-order chi connectivity index (χ1) is 10.7. The van der Waals surface area contributed by atoms with Crippen LogP contribution in [0.3, 0.4) is 0 Å². The number of benzene rings is 2. The molecular formula is C18H18F2O3. The molecule has 23 heavy (non-hydrogen) atoms. The van der Waals surface area contributed by atoms with Crippen molar-refractivity contribution in [3.05, 3.63) is 53.1 Å². The maximum absolute atomic E-state index is 13.6. The van der Waals surface area contributed by atoms with Gasteiger partial charge in [0.25, 0.3) is 5.92 Å². The summed E-state index contributed by atoms with van der Waals surface area (Å²) in [6.45, 7) is 4.12. The third kappa shape index (κ3) is 3.86. The fourth-order valence-corrected chi connectivity index (χ4v) is 2.32. The van der Waals surface area contributed by atoms with Crippen LogP contribution in [0.15, 0.2) is 36.4 Å². The Morgan fingerprint density at radius 3 is 2.48 bits per heavy atom. The Bertz CT molecular complexity index is 734. The second kappa shape index (κ2) is 6.36. The molecule has 0 saturated carbocycles. The van der Waals surface area contributed by atoms with E-state index in [1.807, 2.05) is 32.0 Å². The summed E-state index contributed by atoms with van der Waals surface area (Å²) in [5.41, 5.74) is 3.02. The minimum absolute atomic E-state index is 0.143. The second-order valence-electron chi connectivity index (χ2n) is 5.53. The van der Waals surface area contributed by atoms with Crippen molar-refractivity contribution in [1.82, 2.24) is 0 Å². The summed E-state index contributed by atoms with van der Waals surface area (Å²) >= 11 is 0. The zero-order valence-electron chi connectivity index (χ0n) is 13.2. The molecule has 0 saturated heterocycles. The van der Waals surface area contributed by atoms with E-state index in [2.05, 4.69) is 0 Å². The molecule has 2 aromatic carbocycles. The van der Waals surface area contributed by atoms with E-state index in [0.29, 0.717) is 5.56 Å².